The van der Waals surface area contributed by atoms with Crippen LogP contribution in [0.1, 0.15) is 44.9 Å². The van der Waals surface area contributed by atoms with E-state index in [-0.39, 0.29) is 11.6 Å². The van der Waals surface area contributed by atoms with Crippen LogP contribution in [0.15, 0.2) is 0 Å². The molecule has 0 N–H and O–H groups in total. The molecular weight excluding hydrogens is 290 g/mol. The Labute approximate surface area is 130 Å². The zero-order chi connectivity index (χ0) is 15.0. The SMILES string of the molecule is CCCC1(C)OCc2c(N3CCOC[C@@H]3C)nc(Cl)nc21. The van der Waals surface area contributed by atoms with E-state index in [9.17, 15) is 0 Å². The highest BCUT2D eigenvalue weighted by atomic mass is 35.5. The number of anilines is 1. The van der Waals surface area contributed by atoms with Crippen LogP contribution >= 0.6 is 11.6 Å². The second-order valence-corrected chi connectivity index (χ2v) is 6.37. The lowest BCUT2D eigenvalue weighted by Crippen LogP contribution is -2.44. The molecule has 5 nitrogen and oxygen atoms in total. The van der Waals surface area contributed by atoms with Crippen molar-refractivity contribution in [3.8, 4) is 0 Å². The van der Waals surface area contributed by atoms with Gasteiger partial charge in [0, 0.05) is 12.1 Å². The van der Waals surface area contributed by atoms with Gasteiger partial charge in [-0.15, -0.1) is 0 Å². The van der Waals surface area contributed by atoms with E-state index in [4.69, 9.17) is 21.1 Å². The summed E-state index contributed by atoms with van der Waals surface area (Å²) in [4.78, 5) is 11.2. The summed E-state index contributed by atoms with van der Waals surface area (Å²) in [5, 5.41) is 0.301. The van der Waals surface area contributed by atoms with Gasteiger partial charge >= 0.3 is 0 Å². The van der Waals surface area contributed by atoms with E-state index in [2.05, 4.69) is 35.6 Å². The Morgan fingerprint density at radius 3 is 2.95 bits per heavy atom. The molecule has 0 saturated carbocycles. The van der Waals surface area contributed by atoms with Crippen molar-refractivity contribution in [3.05, 3.63) is 16.5 Å². The summed E-state index contributed by atoms with van der Waals surface area (Å²) in [6, 6.07) is 0.284. The van der Waals surface area contributed by atoms with Gasteiger partial charge in [0.25, 0.3) is 0 Å². The van der Waals surface area contributed by atoms with Crippen molar-refractivity contribution >= 4 is 17.4 Å². The van der Waals surface area contributed by atoms with E-state index in [1.54, 1.807) is 0 Å². The molecule has 21 heavy (non-hydrogen) atoms. The first-order valence-corrected chi connectivity index (χ1v) is 7.98. The van der Waals surface area contributed by atoms with Gasteiger partial charge < -0.3 is 14.4 Å². The molecule has 0 spiro atoms. The van der Waals surface area contributed by atoms with Crippen LogP contribution in [0.3, 0.4) is 0 Å². The molecule has 0 aliphatic carbocycles. The van der Waals surface area contributed by atoms with Gasteiger partial charge in [0.15, 0.2) is 0 Å². The molecule has 0 bridgehead atoms. The van der Waals surface area contributed by atoms with Gasteiger partial charge in [0.05, 0.1) is 31.6 Å². The number of rotatable bonds is 3. The van der Waals surface area contributed by atoms with Crippen molar-refractivity contribution in [3.63, 3.8) is 0 Å². The molecule has 1 aromatic rings. The Morgan fingerprint density at radius 2 is 2.24 bits per heavy atom. The normalized spacial score (nSPS) is 28.8. The lowest BCUT2D eigenvalue weighted by Gasteiger charge is -2.35. The van der Waals surface area contributed by atoms with Crippen LogP contribution in [-0.4, -0.2) is 35.8 Å². The molecule has 1 fully saturated rings. The average molecular weight is 312 g/mol. The quantitative estimate of drug-likeness (QED) is 0.803. The third-order valence-corrected chi connectivity index (χ3v) is 4.53. The average Bonchev–Trinajstić information content (AvgIpc) is 2.77. The predicted octanol–water partition coefficient (Wildman–Crippen LogP) is 2.90. The predicted molar refractivity (Wildman–Crippen MR) is 81.7 cm³/mol. The monoisotopic (exact) mass is 311 g/mol. The summed E-state index contributed by atoms with van der Waals surface area (Å²) in [5.41, 5.74) is 1.70. The Bertz CT molecular complexity index is 540. The molecule has 6 heteroatoms. The number of aromatic nitrogens is 2. The van der Waals surface area contributed by atoms with Gasteiger partial charge in [-0.25, -0.2) is 9.97 Å². The molecule has 0 radical (unpaired) electrons. The van der Waals surface area contributed by atoms with E-state index in [0.717, 1.165) is 36.5 Å². The van der Waals surface area contributed by atoms with Crippen molar-refractivity contribution in [2.75, 3.05) is 24.7 Å². The fraction of sp³-hybridized carbons (Fsp3) is 0.733. The molecule has 2 aliphatic heterocycles. The van der Waals surface area contributed by atoms with Gasteiger partial charge in [-0.05, 0) is 31.9 Å². The molecule has 3 heterocycles. The first kappa shape index (κ1) is 15.0. The first-order valence-electron chi connectivity index (χ1n) is 7.60. The Morgan fingerprint density at radius 1 is 1.43 bits per heavy atom. The van der Waals surface area contributed by atoms with E-state index >= 15 is 0 Å². The molecule has 1 aromatic heterocycles. The van der Waals surface area contributed by atoms with Crippen molar-refractivity contribution in [2.45, 2.75) is 51.9 Å². The number of halogens is 1. The van der Waals surface area contributed by atoms with E-state index < -0.39 is 0 Å². The van der Waals surface area contributed by atoms with Crippen molar-refractivity contribution < 1.29 is 9.47 Å². The lowest BCUT2D eigenvalue weighted by molar-refractivity contribution is -0.0321. The summed E-state index contributed by atoms with van der Waals surface area (Å²) < 4.78 is 11.6. The molecular formula is C15H22ClN3O2. The first-order chi connectivity index (χ1) is 10.0. The number of morpholine rings is 1. The Hall–Kier alpha value is -0.910. The van der Waals surface area contributed by atoms with Gasteiger partial charge in [-0.3, -0.25) is 0 Å². The van der Waals surface area contributed by atoms with Crippen molar-refractivity contribution in [1.82, 2.24) is 9.97 Å². The fourth-order valence-electron chi connectivity index (χ4n) is 3.26. The zero-order valence-corrected chi connectivity index (χ0v) is 13.6. The summed E-state index contributed by atoms with van der Waals surface area (Å²) in [7, 11) is 0. The molecule has 2 aliphatic rings. The summed E-state index contributed by atoms with van der Waals surface area (Å²) in [5.74, 6) is 0.917. The second kappa shape index (κ2) is 5.71. The standard InChI is InChI=1S/C15H22ClN3O2/c1-4-5-15(3)12-11(9-21-15)13(18-14(16)17-12)19-6-7-20-8-10(19)2/h10H,4-9H2,1-3H3/t10-,15?/m0/s1. The fourth-order valence-corrected chi connectivity index (χ4v) is 3.43. The largest absolute Gasteiger partial charge is 0.377 e. The lowest BCUT2D eigenvalue weighted by atomic mass is 9.95. The van der Waals surface area contributed by atoms with Gasteiger partial charge in [-0.2, -0.15) is 0 Å². The third-order valence-electron chi connectivity index (χ3n) is 4.36. The van der Waals surface area contributed by atoms with Crippen LogP contribution in [0.2, 0.25) is 5.28 Å². The number of fused-ring (bicyclic) bond motifs is 1. The number of nitrogens with zero attached hydrogens (tertiary/aromatic N) is 3. The Balaban J connectivity index is 2.04. The van der Waals surface area contributed by atoms with Crippen molar-refractivity contribution in [1.29, 1.82) is 0 Å². The van der Waals surface area contributed by atoms with Crippen LogP contribution in [-0.2, 0) is 21.7 Å². The molecule has 2 atom stereocenters. The maximum atomic E-state index is 6.19. The maximum absolute atomic E-state index is 6.19. The van der Waals surface area contributed by atoms with Gasteiger partial charge in [0.2, 0.25) is 5.28 Å². The van der Waals surface area contributed by atoms with Crippen molar-refractivity contribution in [2.24, 2.45) is 0 Å². The highest BCUT2D eigenvalue weighted by Crippen LogP contribution is 2.42. The molecule has 1 unspecified atom stereocenters. The molecule has 116 valence electrons. The molecule has 3 rings (SSSR count). The van der Waals surface area contributed by atoms with E-state index in [0.29, 0.717) is 25.1 Å². The van der Waals surface area contributed by atoms with Crippen LogP contribution in [0.25, 0.3) is 0 Å². The van der Waals surface area contributed by atoms with Crippen LogP contribution in [0, 0.1) is 0 Å². The minimum absolute atomic E-state index is 0.284. The summed E-state index contributed by atoms with van der Waals surface area (Å²) in [6.45, 7) is 9.20. The summed E-state index contributed by atoms with van der Waals surface area (Å²) in [6.07, 6.45) is 1.98. The topological polar surface area (TPSA) is 47.5 Å². The smallest absolute Gasteiger partial charge is 0.224 e. The zero-order valence-electron chi connectivity index (χ0n) is 12.9. The van der Waals surface area contributed by atoms with Gasteiger partial charge in [0.1, 0.15) is 11.4 Å². The summed E-state index contributed by atoms with van der Waals surface area (Å²) >= 11 is 6.19. The molecule has 0 aromatic carbocycles. The van der Waals surface area contributed by atoms with Gasteiger partial charge in [-0.1, -0.05) is 13.3 Å². The number of ether oxygens (including phenoxy) is 2. The minimum Gasteiger partial charge on any atom is -0.377 e. The van der Waals surface area contributed by atoms with Crippen LogP contribution in [0.4, 0.5) is 5.82 Å². The van der Waals surface area contributed by atoms with Crippen LogP contribution < -0.4 is 4.90 Å². The number of hydrogen-bond acceptors (Lipinski definition) is 5. The molecule has 0 amide bonds. The van der Waals surface area contributed by atoms with Crippen LogP contribution in [0.5, 0.6) is 0 Å². The van der Waals surface area contributed by atoms with E-state index in [1.165, 1.54) is 0 Å². The second-order valence-electron chi connectivity index (χ2n) is 6.03. The van der Waals surface area contributed by atoms with E-state index in [1.807, 2.05) is 0 Å². The highest BCUT2D eigenvalue weighted by molar-refractivity contribution is 6.28. The highest BCUT2D eigenvalue weighted by Gasteiger charge is 2.40. The maximum Gasteiger partial charge on any atom is 0.224 e. The minimum atomic E-state index is -0.346. The molecule has 1 saturated heterocycles. The third kappa shape index (κ3) is 2.62. The number of hydrogen-bond donors (Lipinski definition) is 0. The Kier molecular flexibility index (Phi) is 4.08.